The van der Waals surface area contributed by atoms with E-state index in [4.69, 9.17) is 143 Å². The van der Waals surface area contributed by atoms with E-state index < -0.39 is 313 Å². The number of methoxy groups -OCH3 is 8. The van der Waals surface area contributed by atoms with Gasteiger partial charge in [-0.15, -0.1) is 0 Å². The van der Waals surface area contributed by atoms with Crippen molar-refractivity contribution in [3.05, 3.63) is 93.0 Å². The van der Waals surface area contributed by atoms with Gasteiger partial charge in [-0.05, 0) is 192 Å². The van der Waals surface area contributed by atoms with Crippen molar-refractivity contribution >= 4 is 23.9 Å². The van der Waals surface area contributed by atoms with Crippen molar-refractivity contribution in [2.24, 2.45) is 93.8 Å². The van der Waals surface area contributed by atoms with Gasteiger partial charge in [0.2, 0.25) is 0 Å². The zero-order chi connectivity index (χ0) is 142. The first-order chi connectivity index (χ1) is 80.8. The molecular weight excluding hydrogens is 1520 g/mol. The Bertz CT molecular complexity index is 6460. The molecule has 24 heteroatoms. The molecule has 0 saturated carbocycles. The van der Waals surface area contributed by atoms with E-state index in [1.807, 2.05) is 0 Å². The van der Waals surface area contributed by atoms with E-state index in [1.54, 1.807) is 39.8 Å². The van der Waals surface area contributed by atoms with Crippen LogP contribution in [0.25, 0.3) is 0 Å². The van der Waals surface area contributed by atoms with Crippen LogP contribution in [0.1, 0.15) is 315 Å². The van der Waals surface area contributed by atoms with Crippen molar-refractivity contribution in [1.82, 2.24) is 19.6 Å². The predicted octanol–water partition coefficient (Wildman–Crippen LogP) is 14.3. The smallest absolute Gasteiger partial charge is 0.323 e. The van der Waals surface area contributed by atoms with Gasteiger partial charge < -0.3 is 79.8 Å². The standard InChI is InChI=1S/4C24H38N2O4/c4*1-14(2)9-17-13-26-8-7-16-10-21(28-5)22(29-6)11-18(16)19(26)12-20(17)30-24(27)23(25)15(3)4/h4*10-11,14-15,17,19-20,23H,7-9,12-13,25H2,1-6H3/t4*17?,19?,20?,23-/m0000/s1/i2*3D3,4D3,5D3,12D2,13D2,15D,17D,20D,23D;2*3D3,4D3,12D2,13D2,15D,17D,20D,23D. The highest BCUT2D eigenvalue weighted by atomic mass is 16.6. The number of rotatable bonds is 28. The van der Waals surface area contributed by atoms with Crippen molar-refractivity contribution < 1.29 is 161 Å². The lowest BCUT2D eigenvalue weighted by molar-refractivity contribution is -0.161. The van der Waals surface area contributed by atoms with Crippen LogP contribution in [0.15, 0.2) is 48.5 Å². The van der Waals surface area contributed by atoms with E-state index in [2.05, 4.69) is 0 Å². The van der Waals surface area contributed by atoms with Crippen LogP contribution < -0.4 is 60.8 Å². The molecule has 8 N–H and O–H groups in total. The van der Waals surface area contributed by atoms with Crippen LogP contribution in [-0.4, -0.2) is 201 Å². The maximum Gasteiger partial charge on any atom is 0.323 e. The first-order valence-corrected chi connectivity index (χ1v) is 38.3. The fraction of sp³-hybridized carbons (Fsp3) is 0.708. The van der Waals surface area contributed by atoms with Gasteiger partial charge in [-0.1, -0.05) is 110 Å². The number of hydrogen-bond donors (Lipinski definition) is 4. The van der Waals surface area contributed by atoms with E-state index in [9.17, 15) is 41.1 Å². The summed E-state index contributed by atoms with van der Waals surface area (Å²) in [5, 5.41) is 0. The number of nitrogens with zero attached hydrogens (tertiary/aromatic N) is 4. The monoisotopic (exact) mass is 1740 g/mol. The molecule has 672 valence electrons. The highest BCUT2D eigenvalue weighted by Gasteiger charge is 2.47. The second-order valence-electron chi connectivity index (χ2n) is 30.2. The average molecular weight is 1740 g/mol. The summed E-state index contributed by atoms with van der Waals surface area (Å²) in [5.41, 5.74) is 24.4. The van der Waals surface area contributed by atoms with Crippen LogP contribution in [0.3, 0.4) is 0 Å². The summed E-state index contributed by atoms with van der Waals surface area (Å²) < 4.78 is 581. The molecule has 8 heterocycles. The Labute approximate surface area is 805 Å². The summed E-state index contributed by atoms with van der Waals surface area (Å²) in [4.78, 5) is 58.7. The lowest BCUT2D eigenvalue weighted by atomic mass is 9.79. The molecule has 16 atom stereocenters. The molecular formula is C96H152N8O16. The molecule has 8 aliphatic rings. The van der Waals surface area contributed by atoms with Crippen molar-refractivity contribution in [2.45, 2.75) is 260 Å². The molecule has 120 heavy (non-hydrogen) atoms. The number of nitrogens with two attached hydrogens (primary N) is 4. The zero-order valence-corrected chi connectivity index (χ0v) is 69.4. The van der Waals surface area contributed by atoms with Gasteiger partial charge in [0.15, 0.2) is 46.0 Å². The van der Waals surface area contributed by atoms with Crippen LogP contribution in [0.4, 0.5) is 0 Å². The van der Waals surface area contributed by atoms with Crippen molar-refractivity contribution in [3.63, 3.8) is 0 Å². The maximum absolute atomic E-state index is 13.7. The van der Waals surface area contributed by atoms with E-state index in [0.29, 0.717) is 22.6 Å². The average Bonchev–Trinajstić information content (AvgIpc) is 0.673. The minimum Gasteiger partial charge on any atom is -0.493 e. The molecule has 4 aromatic rings. The van der Waals surface area contributed by atoms with Crippen molar-refractivity contribution in [1.29, 1.82) is 0 Å². The molecule has 0 spiro atoms. The topological polar surface area (TPSA) is 296 Å². The SMILES string of the molecule is [2H]C([2H])([2H])C([2H])(C([2H])([2H])[2H])[C@]([2H])(N)C(=O)OC1([2H])C([2H])([2H])C2c3cc(OC)c(OC)cc3CCN2C([2H])([2H])C1([2H])CC(C)C.[2H]C([2H])([2H])C([2H])(C([2H])([2H])[2H])[C@]([2H])(N)C(=O)OC1([2H])C([2H])([2H])C2c3cc(OC)c(OC)cc3CCN2C([2H])([2H])C1([2H])CC(C)C.[2H]C([2H])([2H])Oc1cc2c(cc1OC)C1N(CC2)C([2H])([2H])C([2H])(CC(C)C)C([2H])(OC(=O)[C@@]([2H])(N)C([2H])(C([2H])([2H])[2H])C([2H])([2H])[2H])C1([2H])[2H].[2H]C([2H])([2H])Oc1cc2c(cc1OC)C1N(CC2)C([2H])([2H])C([2H])(CC(C)C)C([2H])(OC(=O)[C@@]([2H])(N)C([2H])(C([2H])([2H])[2H])C([2H])([2H])[2H])C1([2H])[2H]. The van der Waals surface area contributed by atoms with Crippen LogP contribution in [0, 0.1) is 70.8 Å². The van der Waals surface area contributed by atoms with Gasteiger partial charge >= 0.3 is 23.9 Å². The maximum atomic E-state index is 13.7. The molecule has 4 fully saturated rings. The summed E-state index contributed by atoms with van der Waals surface area (Å²) in [5.74, 6) is -40.0. The number of carbonyl (C=O) groups excluding carboxylic acids is 4. The lowest BCUT2D eigenvalue weighted by Crippen LogP contribution is -2.51. The van der Waals surface area contributed by atoms with Gasteiger partial charge in [0.1, 0.15) is 48.4 Å². The predicted molar refractivity (Wildman–Crippen MR) is 471 cm³/mol. The van der Waals surface area contributed by atoms with Crippen molar-refractivity contribution in [3.8, 4) is 46.0 Å². The molecule has 0 radical (unpaired) electrons. The number of hydrogen-bond acceptors (Lipinski definition) is 24. The van der Waals surface area contributed by atoms with E-state index in [0.717, 1.165) is 33.8 Å². The van der Waals surface area contributed by atoms with Gasteiger partial charge in [-0.25, -0.2) is 0 Å². The molecule has 4 aromatic carbocycles. The quantitative estimate of drug-likeness (QED) is 0.0303. The summed E-state index contributed by atoms with van der Waals surface area (Å²) in [6.45, 7) is -31.6. The number of carbonyl (C=O) groups is 4. The number of ether oxygens (including phenoxy) is 12. The molecule has 0 amide bonds. The van der Waals surface area contributed by atoms with Gasteiger partial charge in [-0.2, -0.15) is 0 Å². The van der Waals surface area contributed by atoms with Crippen LogP contribution in [0.2, 0.25) is 0 Å². The fourth-order valence-corrected chi connectivity index (χ4v) is 14.0. The number of fused-ring (bicyclic) bond motifs is 12. The normalized spacial score (nSPS) is 43.2. The van der Waals surface area contributed by atoms with E-state index in [1.165, 1.54) is 92.5 Å². The molecule has 0 aliphatic carbocycles. The summed E-state index contributed by atoms with van der Waals surface area (Å²) in [6.07, 6.45) is -29.6. The molecule has 24 nitrogen and oxygen atoms in total. The third-order valence-corrected chi connectivity index (χ3v) is 19.7. The molecule has 0 bridgehead atoms. The third-order valence-electron chi connectivity index (χ3n) is 19.7. The molecule has 12 unspecified atom stereocenters. The Morgan fingerprint density at radius 2 is 0.542 bits per heavy atom. The Morgan fingerprint density at radius 1 is 0.350 bits per heavy atom. The number of esters is 4. The summed E-state index contributed by atoms with van der Waals surface area (Å²) >= 11 is 0. The van der Waals surface area contributed by atoms with E-state index >= 15 is 0 Å². The Hall–Kier alpha value is -7.16. The Morgan fingerprint density at radius 3 is 0.717 bits per heavy atom. The first-order valence-electron chi connectivity index (χ1n) is 69.3. The minimum atomic E-state index is -4.08. The van der Waals surface area contributed by atoms with Crippen LogP contribution >= 0.6 is 0 Å². The van der Waals surface area contributed by atoms with Crippen LogP contribution in [0.5, 0.6) is 46.0 Å². The molecule has 0 aromatic heterocycles. The third kappa shape index (κ3) is 23.8. The minimum absolute atomic E-state index is 0.0114. The van der Waals surface area contributed by atoms with Gasteiger partial charge in [-0.3, -0.25) is 38.8 Å². The second kappa shape index (κ2) is 43.9. The summed E-state index contributed by atoms with van der Waals surface area (Å²) in [6, 6.07) is -12.4. The molecule has 4 saturated heterocycles. The fourth-order valence-electron chi connectivity index (χ4n) is 14.0. The zero-order valence-electron chi connectivity index (χ0n) is 131. The number of piperidine rings is 4. The molecule has 8 aliphatic heterocycles. The summed E-state index contributed by atoms with van der Waals surface area (Å²) in [7, 11) is 1.93. The highest BCUT2D eigenvalue weighted by Crippen LogP contribution is 2.50. The largest absolute Gasteiger partial charge is 0.493 e. The van der Waals surface area contributed by atoms with Gasteiger partial charge in [0.25, 0.3) is 0 Å². The van der Waals surface area contributed by atoms with E-state index in [-0.39, 0.29) is 120 Å². The lowest BCUT2D eigenvalue weighted by Gasteiger charge is -2.47. The highest BCUT2D eigenvalue weighted by molar-refractivity contribution is 5.77. The first kappa shape index (κ1) is 42.2. The Kier molecular flexibility index (Phi) is 15.5. The second-order valence-corrected chi connectivity index (χ2v) is 30.2. The Balaban J connectivity index is 0.000000265. The van der Waals surface area contributed by atoms with Crippen molar-refractivity contribution in [2.75, 3.05) is 109 Å². The van der Waals surface area contributed by atoms with Gasteiger partial charge in [0, 0.05) is 191 Å². The number of benzene rings is 4. The van der Waals surface area contributed by atoms with Crippen LogP contribution in [-0.2, 0) is 63.8 Å². The molecule has 12 rings (SSSR count). The van der Waals surface area contributed by atoms with Gasteiger partial charge in [0.05, 0.1) is 75.9 Å².